The van der Waals surface area contributed by atoms with Crippen LogP contribution in [0.25, 0.3) is 10.9 Å². The van der Waals surface area contributed by atoms with E-state index in [9.17, 15) is 19.7 Å². The Morgan fingerprint density at radius 3 is 2.67 bits per heavy atom. The highest BCUT2D eigenvalue weighted by Crippen LogP contribution is 2.43. The van der Waals surface area contributed by atoms with Gasteiger partial charge in [0.25, 0.3) is 0 Å². The van der Waals surface area contributed by atoms with Crippen LogP contribution in [0.3, 0.4) is 0 Å². The molecule has 0 unspecified atom stereocenters. The quantitative estimate of drug-likeness (QED) is 0.464. The number of halogens is 2. The molecule has 1 aromatic heterocycles. The van der Waals surface area contributed by atoms with Gasteiger partial charge in [0.15, 0.2) is 0 Å². The molecule has 0 bridgehead atoms. The van der Waals surface area contributed by atoms with E-state index in [1.165, 1.54) is 12.3 Å². The number of carbonyl (C=O) groups is 1. The maximum atomic E-state index is 12.6. The molecular formula is C15H12Cl2N2O5. The van der Waals surface area contributed by atoms with Crippen molar-refractivity contribution in [1.82, 2.24) is 4.57 Å². The lowest BCUT2D eigenvalue weighted by Gasteiger charge is -2.13. The van der Waals surface area contributed by atoms with Crippen LogP contribution in [-0.4, -0.2) is 22.1 Å². The van der Waals surface area contributed by atoms with Crippen LogP contribution in [0.1, 0.15) is 36.2 Å². The minimum Gasteiger partial charge on any atom is -0.462 e. The van der Waals surface area contributed by atoms with Crippen molar-refractivity contribution in [1.29, 1.82) is 0 Å². The number of rotatable bonds is 4. The molecule has 9 heteroatoms. The second-order valence-electron chi connectivity index (χ2n) is 5.41. The first-order valence-electron chi connectivity index (χ1n) is 7.25. The van der Waals surface area contributed by atoms with Gasteiger partial charge in [0.05, 0.1) is 21.9 Å². The minimum atomic E-state index is -0.771. The van der Waals surface area contributed by atoms with Gasteiger partial charge in [0.1, 0.15) is 16.1 Å². The van der Waals surface area contributed by atoms with Gasteiger partial charge in [-0.3, -0.25) is 14.9 Å². The van der Waals surface area contributed by atoms with Crippen molar-refractivity contribution in [3.63, 3.8) is 0 Å². The van der Waals surface area contributed by atoms with Gasteiger partial charge in [0, 0.05) is 12.2 Å². The molecule has 1 aliphatic rings. The van der Waals surface area contributed by atoms with E-state index >= 15 is 0 Å². The van der Waals surface area contributed by atoms with Crippen LogP contribution in [0.4, 0.5) is 5.69 Å². The molecule has 1 saturated carbocycles. The molecule has 7 nitrogen and oxygen atoms in total. The average Bonchev–Trinajstić information content (AvgIpc) is 3.34. The number of hydrogen-bond acceptors (Lipinski definition) is 5. The zero-order valence-corrected chi connectivity index (χ0v) is 14.1. The van der Waals surface area contributed by atoms with Crippen LogP contribution in [0.2, 0.25) is 10.0 Å². The molecule has 1 aromatic carbocycles. The van der Waals surface area contributed by atoms with Crippen molar-refractivity contribution in [2.75, 3.05) is 6.61 Å². The van der Waals surface area contributed by atoms with E-state index in [-0.39, 0.29) is 39.2 Å². The SMILES string of the molecule is CCOC(=O)c1cn(C2CC2)c2c([N+](=O)[O-])c(Cl)c(Cl)cc2c1=O. The zero-order chi connectivity index (χ0) is 17.6. The predicted octanol–water partition coefficient (Wildman–Crippen LogP) is 3.73. The zero-order valence-electron chi connectivity index (χ0n) is 12.5. The number of esters is 1. The van der Waals surface area contributed by atoms with Gasteiger partial charge in [-0.2, -0.15) is 0 Å². The number of nitro benzene ring substituents is 1. The molecule has 3 rings (SSSR count). The highest BCUT2D eigenvalue weighted by atomic mass is 35.5. The number of nitro groups is 1. The number of pyridine rings is 1. The summed E-state index contributed by atoms with van der Waals surface area (Å²) in [6.07, 6.45) is 2.90. The van der Waals surface area contributed by atoms with Crippen molar-refractivity contribution in [2.24, 2.45) is 0 Å². The van der Waals surface area contributed by atoms with Crippen LogP contribution in [-0.2, 0) is 4.74 Å². The van der Waals surface area contributed by atoms with Crippen LogP contribution in [0.15, 0.2) is 17.1 Å². The van der Waals surface area contributed by atoms with E-state index in [1.807, 2.05) is 0 Å². The highest BCUT2D eigenvalue weighted by molar-refractivity contribution is 6.44. The smallest absolute Gasteiger partial charge is 0.343 e. The molecule has 0 spiro atoms. The molecule has 0 radical (unpaired) electrons. The topological polar surface area (TPSA) is 91.4 Å². The van der Waals surface area contributed by atoms with Crippen molar-refractivity contribution in [3.05, 3.63) is 48.2 Å². The normalized spacial score (nSPS) is 14.0. The molecule has 0 atom stereocenters. The molecule has 2 aromatic rings. The number of fused-ring (bicyclic) bond motifs is 1. The maximum absolute atomic E-state index is 12.6. The summed E-state index contributed by atoms with van der Waals surface area (Å²) in [5.74, 6) is -0.771. The molecule has 0 amide bonds. The molecule has 0 N–H and O–H groups in total. The van der Waals surface area contributed by atoms with Crippen molar-refractivity contribution >= 4 is 45.8 Å². The summed E-state index contributed by atoms with van der Waals surface area (Å²) < 4.78 is 6.46. The Kier molecular flexibility index (Phi) is 4.23. The molecular weight excluding hydrogens is 359 g/mol. The Labute approximate surface area is 145 Å². The number of ether oxygens (including phenoxy) is 1. The van der Waals surface area contributed by atoms with E-state index in [1.54, 1.807) is 11.5 Å². The Morgan fingerprint density at radius 1 is 1.46 bits per heavy atom. The van der Waals surface area contributed by atoms with Crippen LogP contribution < -0.4 is 5.43 Å². The van der Waals surface area contributed by atoms with Crippen molar-refractivity contribution < 1.29 is 14.5 Å². The van der Waals surface area contributed by atoms with Crippen LogP contribution in [0.5, 0.6) is 0 Å². The third-order valence-corrected chi connectivity index (χ3v) is 4.58. The standard InChI is InChI=1S/C15H12Cl2N2O5/c1-2-24-15(21)9-6-18(7-3-4-7)12-8(14(9)20)5-10(16)11(17)13(12)19(22)23/h5-7H,2-4H2,1H3. The van der Waals surface area contributed by atoms with Crippen LogP contribution in [0, 0.1) is 10.1 Å². The summed E-state index contributed by atoms with van der Waals surface area (Å²) in [6.45, 7) is 1.74. The minimum absolute atomic E-state index is 0.0199. The molecule has 24 heavy (non-hydrogen) atoms. The first kappa shape index (κ1) is 16.7. The monoisotopic (exact) mass is 370 g/mol. The molecule has 1 aliphatic carbocycles. The summed E-state index contributed by atoms with van der Waals surface area (Å²) in [4.78, 5) is 35.5. The van der Waals surface area contributed by atoms with E-state index in [0.717, 1.165) is 12.8 Å². The molecule has 0 saturated heterocycles. The molecule has 1 heterocycles. The second kappa shape index (κ2) is 6.07. The first-order valence-corrected chi connectivity index (χ1v) is 8.00. The lowest BCUT2D eigenvalue weighted by molar-refractivity contribution is -0.383. The first-order chi connectivity index (χ1) is 11.4. The third kappa shape index (κ3) is 2.63. The fourth-order valence-electron chi connectivity index (χ4n) is 2.61. The number of carbonyl (C=O) groups excluding carboxylic acids is 1. The number of hydrogen-bond donors (Lipinski definition) is 0. The summed E-state index contributed by atoms with van der Waals surface area (Å²) in [5.41, 5.74) is -1.19. The lowest BCUT2D eigenvalue weighted by atomic mass is 10.1. The van der Waals surface area contributed by atoms with Crippen molar-refractivity contribution in [3.8, 4) is 0 Å². The number of benzene rings is 1. The largest absolute Gasteiger partial charge is 0.462 e. The van der Waals surface area contributed by atoms with Gasteiger partial charge >= 0.3 is 11.7 Å². The van der Waals surface area contributed by atoms with Gasteiger partial charge in [-0.15, -0.1) is 0 Å². The van der Waals surface area contributed by atoms with Gasteiger partial charge in [-0.05, 0) is 25.8 Å². The summed E-state index contributed by atoms with van der Waals surface area (Å²) in [7, 11) is 0. The van der Waals surface area contributed by atoms with E-state index in [4.69, 9.17) is 27.9 Å². The van der Waals surface area contributed by atoms with Gasteiger partial charge in [-0.25, -0.2) is 4.79 Å². The number of nitrogens with zero attached hydrogens (tertiary/aromatic N) is 2. The Hall–Kier alpha value is -2.12. The van der Waals surface area contributed by atoms with Gasteiger partial charge in [0.2, 0.25) is 5.43 Å². The predicted molar refractivity (Wildman–Crippen MR) is 89.1 cm³/mol. The summed E-state index contributed by atoms with van der Waals surface area (Å²) >= 11 is 11.9. The van der Waals surface area contributed by atoms with Gasteiger partial charge < -0.3 is 9.30 Å². The molecule has 1 fully saturated rings. The van der Waals surface area contributed by atoms with Gasteiger partial charge in [-0.1, -0.05) is 23.2 Å². The Balaban J connectivity index is 2.45. The number of aromatic nitrogens is 1. The molecule has 126 valence electrons. The summed E-state index contributed by atoms with van der Waals surface area (Å²) in [6, 6.07) is 1.23. The second-order valence-corrected chi connectivity index (χ2v) is 6.19. The third-order valence-electron chi connectivity index (χ3n) is 3.80. The lowest BCUT2D eigenvalue weighted by Crippen LogP contribution is -2.21. The Bertz CT molecular complexity index is 934. The Morgan fingerprint density at radius 2 is 2.12 bits per heavy atom. The van der Waals surface area contributed by atoms with E-state index in [2.05, 4.69) is 0 Å². The van der Waals surface area contributed by atoms with E-state index < -0.39 is 22.0 Å². The highest BCUT2D eigenvalue weighted by Gasteiger charge is 2.32. The average molecular weight is 371 g/mol. The van der Waals surface area contributed by atoms with Crippen LogP contribution >= 0.6 is 23.2 Å². The fraction of sp³-hybridized carbons (Fsp3) is 0.333. The molecule has 0 aliphatic heterocycles. The fourth-order valence-corrected chi connectivity index (χ4v) is 3.02. The van der Waals surface area contributed by atoms with E-state index in [0.29, 0.717) is 0 Å². The maximum Gasteiger partial charge on any atom is 0.343 e. The summed E-state index contributed by atoms with van der Waals surface area (Å²) in [5, 5.41) is 11.1. The van der Waals surface area contributed by atoms with Crippen molar-refractivity contribution in [2.45, 2.75) is 25.8 Å².